The first-order valence-electron chi connectivity index (χ1n) is 11.4. The highest BCUT2D eigenvalue weighted by Gasteiger charge is 2.21. The van der Waals surface area contributed by atoms with Crippen LogP contribution in [-0.4, -0.2) is 44.6 Å². The van der Waals surface area contributed by atoms with Gasteiger partial charge in [-0.05, 0) is 54.8 Å². The van der Waals surface area contributed by atoms with E-state index in [0.717, 1.165) is 42.7 Å². The van der Waals surface area contributed by atoms with Crippen LogP contribution in [0.3, 0.4) is 0 Å². The number of hydrogen-bond donors (Lipinski definition) is 1. The molecule has 4 aromatic rings. The third-order valence-electron chi connectivity index (χ3n) is 5.93. The summed E-state index contributed by atoms with van der Waals surface area (Å²) in [6.45, 7) is 1.92. The van der Waals surface area contributed by atoms with Crippen LogP contribution in [0.1, 0.15) is 39.1 Å². The van der Waals surface area contributed by atoms with Gasteiger partial charge in [-0.25, -0.2) is 4.68 Å². The van der Waals surface area contributed by atoms with Crippen LogP contribution in [0.25, 0.3) is 16.9 Å². The van der Waals surface area contributed by atoms with Crippen LogP contribution in [0.4, 0.5) is 0 Å². The number of carbonyl (C=O) groups excluding carboxylic acids is 2. The average Bonchev–Trinajstić information content (AvgIpc) is 3.59. The number of nitrogens with zero attached hydrogens (tertiary/aromatic N) is 4. The van der Waals surface area contributed by atoms with E-state index in [1.807, 2.05) is 71.6 Å². The minimum atomic E-state index is -0.239. The number of nitrogens with one attached hydrogen (secondary N) is 1. The summed E-state index contributed by atoms with van der Waals surface area (Å²) in [6.07, 6.45) is 7.23. The zero-order valence-electron chi connectivity index (χ0n) is 18.7. The molecule has 2 aromatic heterocycles. The fourth-order valence-corrected chi connectivity index (χ4v) is 4.16. The van der Waals surface area contributed by atoms with Gasteiger partial charge in [0.05, 0.1) is 11.3 Å². The van der Waals surface area contributed by atoms with Crippen LogP contribution >= 0.6 is 0 Å². The van der Waals surface area contributed by atoms with Gasteiger partial charge in [-0.1, -0.05) is 30.3 Å². The highest BCUT2D eigenvalue weighted by molar-refractivity contribution is 6.00. The number of para-hydroxylation sites is 1. The molecule has 7 heteroatoms. The van der Waals surface area contributed by atoms with Crippen molar-refractivity contribution < 1.29 is 9.59 Å². The number of amides is 2. The van der Waals surface area contributed by atoms with E-state index in [1.54, 1.807) is 23.3 Å². The number of pyridine rings is 1. The number of aromatic nitrogens is 3. The highest BCUT2D eigenvalue weighted by atomic mass is 16.2. The van der Waals surface area contributed by atoms with Gasteiger partial charge in [0.2, 0.25) is 0 Å². The fourth-order valence-electron chi connectivity index (χ4n) is 4.16. The van der Waals surface area contributed by atoms with Gasteiger partial charge in [0.1, 0.15) is 5.69 Å². The summed E-state index contributed by atoms with van der Waals surface area (Å²) in [5, 5.41) is 7.66. The molecule has 0 spiro atoms. The molecule has 0 saturated carbocycles. The van der Waals surface area contributed by atoms with Crippen molar-refractivity contribution in [2.45, 2.75) is 19.4 Å². The van der Waals surface area contributed by atoms with E-state index in [-0.39, 0.29) is 11.8 Å². The van der Waals surface area contributed by atoms with E-state index in [9.17, 15) is 9.59 Å². The molecule has 3 heterocycles. The molecule has 7 nitrogen and oxygen atoms in total. The van der Waals surface area contributed by atoms with Crippen LogP contribution < -0.4 is 5.32 Å². The Bertz CT molecular complexity index is 1300. The topological polar surface area (TPSA) is 80.1 Å². The zero-order valence-corrected chi connectivity index (χ0v) is 18.7. The van der Waals surface area contributed by atoms with Gasteiger partial charge < -0.3 is 10.2 Å². The quantitative estimate of drug-likeness (QED) is 0.479. The minimum Gasteiger partial charge on any atom is -0.348 e. The lowest BCUT2D eigenvalue weighted by molar-refractivity contribution is 0.0792. The summed E-state index contributed by atoms with van der Waals surface area (Å²) in [6, 6.07) is 20.8. The number of carbonyl (C=O) groups is 2. The van der Waals surface area contributed by atoms with Crippen molar-refractivity contribution >= 4 is 11.8 Å². The lowest BCUT2D eigenvalue weighted by Gasteiger charge is -2.15. The number of likely N-dealkylation sites (tertiary alicyclic amines) is 1. The third-order valence-corrected chi connectivity index (χ3v) is 5.93. The second-order valence-electron chi connectivity index (χ2n) is 8.30. The van der Waals surface area contributed by atoms with Crippen molar-refractivity contribution in [3.8, 4) is 16.9 Å². The van der Waals surface area contributed by atoms with Crippen molar-refractivity contribution in [2.75, 3.05) is 13.1 Å². The lowest BCUT2D eigenvalue weighted by atomic mass is 10.1. The molecule has 1 aliphatic rings. The predicted octanol–water partition coefficient (Wildman–Crippen LogP) is 4.10. The molecule has 1 saturated heterocycles. The van der Waals surface area contributed by atoms with Crippen LogP contribution in [0.15, 0.2) is 85.3 Å². The molecule has 170 valence electrons. The molecule has 1 N–H and O–H groups in total. The number of rotatable bonds is 6. The van der Waals surface area contributed by atoms with Crippen molar-refractivity contribution in [1.82, 2.24) is 25.0 Å². The summed E-state index contributed by atoms with van der Waals surface area (Å²) < 4.78 is 1.70. The molecule has 0 atom stereocenters. The molecule has 0 aliphatic carbocycles. The molecule has 1 aliphatic heterocycles. The Morgan fingerprint density at radius 2 is 1.76 bits per heavy atom. The van der Waals surface area contributed by atoms with E-state index < -0.39 is 0 Å². The van der Waals surface area contributed by atoms with Gasteiger partial charge in [-0.2, -0.15) is 5.10 Å². The van der Waals surface area contributed by atoms with Gasteiger partial charge in [0, 0.05) is 49.4 Å². The molecule has 0 bridgehead atoms. The Balaban J connectivity index is 1.37. The predicted molar refractivity (Wildman–Crippen MR) is 130 cm³/mol. The number of hydrogen-bond acceptors (Lipinski definition) is 4. The van der Waals surface area contributed by atoms with Crippen molar-refractivity contribution in [1.29, 1.82) is 0 Å². The number of benzene rings is 2. The summed E-state index contributed by atoms with van der Waals surface area (Å²) in [4.78, 5) is 32.0. The first-order valence-corrected chi connectivity index (χ1v) is 11.4. The van der Waals surface area contributed by atoms with E-state index in [0.29, 0.717) is 23.4 Å². The molecule has 2 amide bonds. The summed E-state index contributed by atoms with van der Waals surface area (Å²) in [5.74, 6) is -0.189. The molecule has 0 radical (unpaired) electrons. The fraction of sp³-hybridized carbons (Fsp3) is 0.185. The zero-order chi connectivity index (χ0) is 23.3. The van der Waals surface area contributed by atoms with E-state index >= 15 is 0 Å². The maximum absolute atomic E-state index is 13.2. The Labute approximate surface area is 198 Å². The minimum absolute atomic E-state index is 0.0497. The molecular formula is C27H25N5O2. The average molecular weight is 452 g/mol. The third kappa shape index (κ3) is 4.59. The standard InChI is InChI=1S/C27H25N5O2/c33-26(29-17-20-8-6-9-21(16-20)27(34)31-14-4-5-15-31)24-19-32(23-11-2-1-3-12-23)30-25(24)22-10-7-13-28-18-22/h1-3,6-13,16,18-19H,4-5,14-15,17H2,(H,29,33). The second kappa shape index (κ2) is 9.70. The van der Waals surface area contributed by atoms with Crippen LogP contribution in [-0.2, 0) is 6.54 Å². The summed E-state index contributed by atoms with van der Waals surface area (Å²) in [5.41, 5.74) is 4.17. The van der Waals surface area contributed by atoms with E-state index in [1.165, 1.54) is 0 Å². The summed E-state index contributed by atoms with van der Waals surface area (Å²) >= 11 is 0. The SMILES string of the molecule is O=C(NCc1cccc(C(=O)N2CCCC2)c1)c1cn(-c2ccccc2)nc1-c1cccnc1. The Morgan fingerprint density at radius 1 is 0.941 bits per heavy atom. The van der Waals surface area contributed by atoms with E-state index in [2.05, 4.69) is 15.4 Å². The normalized spacial score (nSPS) is 13.1. The van der Waals surface area contributed by atoms with Gasteiger partial charge >= 0.3 is 0 Å². The van der Waals surface area contributed by atoms with Crippen molar-refractivity contribution in [3.05, 3.63) is 102 Å². The highest BCUT2D eigenvalue weighted by Crippen LogP contribution is 2.23. The van der Waals surface area contributed by atoms with Gasteiger partial charge in [0.15, 0.2) is 0 Å². The van der Waals surface area contributed by atoms with Gasteiger partial charge in [0.25, 0.3) is 11.8 Å². The first-order chi connectivity index (χ1) is 16.7. The molecule has 34 heavy (non-hydrogen) atoms. The van der Waals surface area contributed by atoms with Gasteiger partial charge in [-0.3, -0.25) is 14.6 Å². The van der Waals surface area contributed by atoms with E-state index in [4.69, 9.17) is 0 Å². The smallest absolute Gasteiger partial charge is 0.255 e. The van der Waals surface area contributed by atoms with Crippen LogP contribution in [0.5, 0.6) is 0 Å². The monoisotopic (exact) mass is 451 g/mol. The molecule has 1 fully saturated rings. The summed E-state index contributed by atoms with van der Waals surface area (Å²) in [7, 11) is 0. The molecule has 0 unspecified atom stereocenters. The van der Waals surface area contributed by atoms with Gasteiger partial charge in [-0.15, -0.1) is 0 Å². The van der Waals surface area contributed by atoms with Crippen LogP contribution in [0.2, 0.25) is 0 Å². The molecular weight excluding hydrogens is 426 g/mol. The van der Waals surface area contributed by atoms with Crippen molar-refractivity contribution in [3.63, 3.8) is 0 Å². The van der Waals surface area contributed by atoms with Crippen molar-refractivity contribution in [2.24, 2.45) is 0 Å². The maximum atomic E-state index is 13.2. The second-order valence-corrected chi connectivity index (χ2v) is 8.30. The Hall–Kier alpha value is -4.26. The Kier molecular flexibility index (Phi) is 6.16. The first kappa shape index (κ1) is 21.6. The van der Waals surface area contributed by atoms with Crippen LogP contribution in [0, 0.1) is 0 Å². The lowest BCUT2D eigenvalue weighted by Crippen LogP contribution is -2.28. The largest absolute Gasteiger partial charge is 0.348 e. The Morgan fingerprint density at radius 3 is 2.53 bits per heavy atom. The molecule has 2 aromatic carbocycles. The maximum Gasteiger partial charge on any atom is 0.255 e. The molecule has 5 rings (SSSR count).